The lowest BCUT2D eigenvalue weighted by Gasteiger charge is -2.21. The van der Waals surface area contributed by atoms with Crippen LogP contribution in [0.25, 0.3) is 6.08 Å². The second-order valence-corrected chi connectivity index (χ2v) is 4.74. The number of nitrogens with zero attached hydrogens (tertiary/aromatic N) is 1. The largest absolute Gasteiger partial charge is 0.493 e. The van der Waals surface area contributed by atoms with Crippen molar-refractivity contribution in [3.63, 3.8) is 0 Å². The van der Waals surface area contributed by atoms with E-state index in [1.807, 2.05) is 0 Å². The fourth-order valence-electron chi connectivity index (χ4n) is 2.00. The third kappa shape index (κ3) is 3.69. The number of fused-ring (bicyclic) bond motifs is 1. The number of ether oxygens (including phenoxy) is 3. The predicted octanol–water partition coefficient (Wildman–Crippen LogP) is 0.423. The molecule has 1 heterocycles. The first-order valence-corrected chi connectivity index (χ1v) is 6.70. The molecule has 1 aliphatic heterocycles. The number of hydrogen-bond acceptors (Lipinski definition) is 5. The number of benzene rings is 1. The summed E-state index contributed by atoms with van der Waals surface area (Å²) in [5.41, 5.74) is 5.77. The second kappa shape index (κ2) is 6.84. The summed E-state index contributed by atoms with van der Waals surface area (Å²) in [6.45, 7) is 0.798. The molecule has 0 unspecified atom stereocenters. The molecule has 118 valence electrons. The molecular formula is C15H18N2O5. The molecule has 0 atom stereocenters. The minimum atomic E-state index is -0.565. The maximum atomic E-state index is 11.8. The predicted molar refractivity (Wildman–Crippen MR) is 79.8 cm³/mol. The molecule has 0 spiro atoms. The lowest BCUT2D eigenvalue weighted by molar-refractivity contribution is -0.129. The summed E-state index contributed by atoms with van der Waals surface area (Å²) in [6, 6.07) is 3.50. The molecule has 0 fully saturated rings. The van der Waals surface area contributed by atoms with E-state index in [0.717, 1.165) is 5.56 Å². The van der Waals surface area contributed by atoms with Crippen LogP contribution in [-0.4, -0.2) is 50.6 Å². The summed E-state index contributed by atoms with van der Waals surface area (Å²) in [6.07, 6.45) is 2.97. The van der Waals surface area contributed by atoms with Crippen LogP contribution in [0.3, 0.4) is 0 Å². The molecule has 2 N–H and O–H groups in total. The molecule has 0 saturated heterocycles. The van der Waals surface area contributed by atoms with Crippen LogP contribution in [0.4, 0.5) is 0 Å². The van der Waals surface area contributed by atoms with Crippen molar-refractivity contribution in [1.82, 2.24) is 4.90 Å². The molecule has 1 aromatic carbocycles. The minimum Gasteiger partial charge on any atom is -0.493 e. The highest BCUT2D eigenvalue weighted by Crippen LogP contribution is 2.40. The van der Waals surface area contributed by atoms with E-state index >= 15 is 0 Å². The quantitative estimate of drug-likeness (QED) is 0.796. The molecule has 7 heteroatoms. The number of nitrogens with two attached hydrogens (primary N) is 1. The van der Waals surface area contributed by atoms with Crippen molar-refractivity contribution in [2.45, 2.75) is 0 Å². The summed E-state index contributed by atoms with van der Waals surface area (Å²) in [5.74, 6) is 0.777. The standard InChI is InChI=1S/C15H18N2O5/c1-17(9-13(16)18)14(19)4-3-10-7-11(20-2)15-12(8-10)21-5-6-22-15/h3-4,7-8H,5-6,9H2,1-2H3,(H2,16,18). The van der Waals surface area contributed by atoms with Crippen LogP contribution in [0.15, 0.2) is 18.2 Å². The molecule has 0 saturated carbocycles. The number of hydrogen-bond donors (Lipinski definition) is 1. The van der Waals surface area contributed by atoms with Gasteiger partial charge in [-0.3, -0.25) is 9.59 Å². The first-order valence-electron chi connectivity index (χ1n) is 6.70. The Morgan fingerprint density at radius 1 is 1.36 bits per heavy atom. The maximum absolute atomic E-state index is 11.8. The number of primary amides is 1. The molecule has 1 aliphatic rings. The summed E-state index contributed by atoms with van der Waals surface area (Å²) in [4.78, 5) is 23.9. The Morgan fingerprint density at radius 3 is 2.77 bits per heavy atom. The van der Waals surface area contributed by atoms with E-state index in [4.69, 9.17) is 19.9 Å². The van der Waals surface area contributed by atoms with Gasteiger partial charge in [0.1, 0.15) is 13.2 Å². The second-order valence-electron chi connectivity index (χ2n) is 4.74. The Kier molecular flexibility index (Phi) is 4.88. The third-order valence-electron chi connectivity index (χ3n) is 3.04. The Morgan fingerprint density at radius 2 is 2.09 bits per heavy atom. The Labute approximate surface area is 128 Å². The smallest absolute Gasteiger partial charge is 0.246 e. The first kappa shape index (κ1) is 15.7. The first-order chi connectivity index (χ1) is 10.5. The van der Waals surface area contributed by atoms with Crippen molar-refractivity contribution in [3.8, 4) is 17.2 Å². The zero-order valence-corrected chi connectivity index (χ0v) is 12.5. The Hall–Kier alpha value is -2.70. The summed E-state index contributed by atoms with van der Waals surface area (Å²) in [5, 5.41) is 0. The molecule has 7 nitrogen and oxygen atoms in total. The van der Waals surface area contributed by atoms with Crippen LogP contribution in [0.1, 0.15) is 5.56 Å². The lowest BCUT2D eigenvalue weighted by Crippen LogP contribution is -2.34. The van der Waals surface area contributed by atoms with Gasteiger partial charge in [-0.1, -0.05) is 0 Å². The van der Waals surface area contributed by atoms with Gasteiger partial charge in [0.05, 0.1) is 13.7 Å². The normalized spacial score (nSPS) is 13.0. The van der Waals surface area contributed by atoms with Crippen LogP contribution >= 0.6 is 0 Å². The van der Waals surface area contributed by atoms with Crippen molar-refractivity contribution >= 4 is 17.9 Å². The van der Waals surface area contributed by atoms with E-state index in [-0.39, 0.29) is 12.5 Å². The van der Waals surface area contributed by atoms with Gasteiger partial charge in [0.15, 0.2) is 11.5 Å². The molecule has 0 radical (unpaired) electrons. The highest BCUT2D eigenvalue weighted by molar-refractivity contribution is 5.94. The van der Waals surface area contributed by atoms with E-state index in [0.29, 0.717) is 30.5 Å². The number of methoxy groups -OCH3 is 1. The lowest BCUT2D eigenvalue weighted by atomic mass is 10.1. The van der Waals surface area contributed by atoms with Gasteiger partial charge in [0.2, 0.25) is 17.6 Å². The fraction of sp³-hybridized carbons (Fsp3) is 0.333. The van der Waals surface area contributed by atoms with Gasteiger partial charge in [0, 0.05) is 13.1 Å². The van der Waals surface area contributed by atoms with E-state index in [1.165, 1.54) is 25.1 Å². The van der Waals surface area contributed by atoms with Gasteiger partial charge in [-0.05, 0) is 23.8 Å². The fourth-order valence-corrected chi connectivity index (χ4v) is 2.00. The topological polar surface area (TPSA) is 91.1 Å². The third-order valence-corrected chi connectivity index (χ3v) is 3.04. The van der Waals surface area contributed by atoms with Gasteiger partial charge in [-0.15, -0.1) is 0 Å². The number of rotatable bonds is 5. The van der Waals surface area contributed by atoms with Crippen LogP contribution in [0.5, 0.6) is 17.2 Å². The van der Waals surface area contributed by atoms with Gasteiger partial charge < -0.3 is 24.8 Å². The van der Waals surface area contributed by atoms with E-state index in [2.05, 4.69) is 0 Å². The zero-order chi connectivity index (χ0) is 16.1. The van der Waals surface area contributed by atoms with Crippen LogP contribution in [0, 0.1) is 0 Å². The van der Waals surface area contributed by atoms with Crippen LogP contribution in [-0.2, 0) is 9.59 Å². The van der Waals surface area contributed by atoms with Crippen LogP contribution < -0.4 is 19.9 Å². The molecule has 0 aromatic heterocycles. The number of carbonyl (C=O) groups is 2. The monoisotopic (exact) mass is 306 g/mol. The summed E-state index contributed by atoms with van der Waals surface area (Å²) in [7, 11) is 3.04. The van der Waals surface area contributed by atoms with Crippen LogP contribution in [0.2, 0.25) is 0 Å². The SMILES string of the molecule is COc1cc(C=CC(=O)N(C)CC(N)=O)cc2c1OCCO2. The Bertz CT molecular complexity index is 595. The van der Waals surface area contributed by atoms with Crippen molar-refractivity contribution in [1.29, 1.82) is 0 Å². The number of likely N-dealkylation sites (N-methyl/N-ethyl adjacent to an activating group) is 1. The number of amides is 2. The van der Waals surface area contributed by atoms with Gasteiger partial charge in [-0.25, -0.2) is 0 Å². The van der Waals surface area contributed by atoms with E-state index in [9.17, 15) is 9.59 Å². The Balaban J connectivity index is 2.17. The maximum Gasteiger partial charge on any atom is 0.246 e. The molecule has 2 rings (SSSR count). The minimum absolute atomic E-state index is 0.131. The number of carbonyl (C=O) groups excluding carboxylic acids is 2. The van der Waals surface area contributed by atoms with Crippen molar-refractivity contribution < 1.29 is 23.8 Å². The van der Waals surface area contributed by atoms with E-state index in [1.54, 1.807) is 18.2 Å². The molecule has 0 bridgehead atoms. The van der Waals surface area contributed by atoms with Gasteiger partial charge >= 0.3 is 0 Å². The molecule has 22 heavy (non-hydrogen) atoms. The van der Waals surface area contributed by atoms with E-state index < -0.39 is 5.91 Å². The summed E-state index contributed by atoms with van der Waals surface area (Å²) >= 11 is 0. The highest BCUT2D eigenvalue weighted by Gasteiger charge is 2.18. The zero-order valence-electron chi connectivity index (χ0n) is 12.5. The van der Waals surface area contributed by atoms with Gasteiger partial charge in [-0.2, -0.15) is 0 Å². The molecular weight excluding hydrogens is 288 g/mol. The van der Waals surface area contributed by atoms with Gasteiger partial charge in [0.25, 0.3) is 0 Å². The van der Waals surface area contributed by atoms with Crippen molar-refractivity contribution in [2.24, 2.45) is 5.73 Å². The summed E-state index contributed by atoms with van der Waals surface area (Å²) < 4.78 is 16.3. The van der Waals surface area contributed by atoms with Crippen molar-refractivity contribution in [3.05, 3.63) is 23.8 Å². The highest BCUT2D eigenvalue weighted by atomic mass is 16.6. The average molecular weight is 306 g/mol. The van der Waals surface area contributed by atoms with Crippen molar-refractivity contribution in [2.75, 3.05) is 33.9 Å². The average Bonchev–Trinajstić information content (AvgIpc) is 2.50. The molecule has 2 amide bonds. The molecule has 0 aliphatic carbocycles. The molecule has 1 aromatic rings.